The summed E-state index contributed by atoms with van der Waals surface area (Å²) in [5.74, 6) is -1.11. The molecule has 0 bridgehead atoms. The molecule has 1 heterocycles. The van der Waals surface area contributed by atoms with E-state index in [2.05, 4.69) is 11.7 Å². The lowest BCUT2D eigenvalue weighted by atomic mass is 10.2. The molecule has 1 rings (SSSR count). The molecule has 0 atom stereocenters. The van der Waals surface area contributed by atoms with Crippen LogP contribution >= 0.6 is 0 Å². The number of aromatic nitrogens is 1. The molecular formula is C11H14N2O4. The number of amides is 1. The van der Waals surface area contributed by atoms with Gasteiger partial charge >= 0.3 is 5.97 Å². The zero-order valence-electron chi connectivity index (χ0n) is 9.77. The molecule has 0 saturated heterocycles. The van der Waals surface area contributed by atoms with Gasteiger partial charge in [0.15, 0.2) is 0 Å². The molecule has 1 N–H and O–H groups in total. The highest BCUT2D eigenvalue weighted by Gasteiger charge is 2.23. The van der Waals surface area contributed by atoms with Gasteiger partial charge in [0, 0.05) is 6.54 Å². The van der Waals surface area contributed by atoms with Crippen LogP contribution in [0, 0.1) is 13.8 Å². The van der Waals surface area contributed by atoms with Crippen LogP contribution in [0.1, 0.15) is 21.8 Å². The summed E-state index contributed by atoms with van der Waals surface area (Å²) in [6.45, 7) is 6.52. The molecule has 0 fully saturated rings. The molecule has 0 aliphatic heterocycles. The van der Waals surface area contributed by atoms with E-state index in [0.29, 0.717) is 17.0 Å². The van der Waals surface area contributed by atoms with E-state index in [1.54, 1.807) is 13.8 Å². The van der Waals surface area contributed by atoms with Gasteiger partial charge in [0.25, 0.3) is 5.91 Å². The van der Waals surface area contributed by atoms with Gasteiger partial charge in [-0.25, -0.2) is 0 Å². The quantitative estimate of drug-likeness (QED) is 0.774. The predicted molar refractivity (Wildman–Crippen MR) is 59.7 cm³/mol. The minimum Gasteiger partial charge on any atom is -0.480 e. The summed E-state index contributed by atoms with van der Waals surface area (Å²) >= 11 is 0. The van der Waals surface area contributed by atoms with Crippen LogP contribution in [0.15, 0.2) is 17.2 Å². The van der Waals surface area contributed by atoms with Crippen LogP contribution in [0.4, 0.5) is 0 Å². The van der Waals surface area contributed by atoms with Gasteiger partial charge in [-0.05, 0) is 13.8 Å². The van der Waals surface area contributed by atoms with Crippen molar-refractivity contribution in [1.29, 1.82) is 0 Å². The van der Waals surface area contributed by atoms with Crippen LogP contribution in [0.25, 0.3) is 0 Å². The average molecular weight is 238 g/mol. The van der Waals surface area contributed by atoms with Crippen molar-refractivity contribution in [1.82, 2.24) is 10.1 Å². The monoisotopic (exact) mass is 238 g/mol. The minimum absolute atomic E-state index is 0.162. The summed E-state index contributed by atoms with van der Waals surface area (Å²) in [5, 5.41) is 12.4. The Morgan fingerprint density at radius 3 is 2.59 bits per heavy atom. The Morgan fingerprint density at radius 1 is 1.53 bits per heavy atom. The molecule has 0 aromatic carbocycles. The summed E-state index contributed by atoms with van der Waals surface area (Å²) < 4.78 is 4.88. The highest BCUT2D eigenvalue weighted by Crippen LogP contribution is 2.14. The number of aliphatic carboxylic acids is 1. The molecule has 0 unspecified atom stereocenters. The fraction of sp³-hybridized carbons (Fsp3) is 0.364. The SMILES string of the molecule is C=CCN(CC(=O)O)C(=O)c1c(C)noc1C. The maximum Gasteiger partial charge on any atom is 0.323 e. The molecule has 17 heavy (non-hydrogen) atoms. The number of carboxylic acids is 1. The highest BCUT2D eigenvalue weighted by molar-refractivity contribution is 5.97. The third-order valence-corrected chi connectivity index (χ3v) is 2.21. The topological polar surface area (TPSA) is 83.6 Å². The molecule has 0 saturated carbocycles. The standard InChI is InChI=1S/C11H14N2O4/c1-4-5-13(6-9(14)15)11(16)10-7(2)12-17-8(10)3/h4H,1,5-6H2,2-3H3,(H,14,15). The first kappa shape index (κ1) is 13.0. The van der Waals surface area contributed by atoms with Gasteiger partial charge in [0.1, 0.15) is 17.9 Å². The van der Waals surface area contributed by atoms with Crippen molar-refractivity contribution in [3.8, 4) is 0 Å². The van der Waals surface area contributed by atoms with Crippen molar-refractivity contribution < 1.29 is 19.2 Å². The number of nitrogens with zero attached hydrogens (tertiary/aromatic N) is 2. The van der Waals surface area contributed by atoms with Gasteiger partial charge in [-0.1, -0.05) is 11.2 Å². The molecule has 1 aromatic heterocycles. The number of rotatable bonds is 5. The third-order valence-electron chi connectivity index (χ3n) is 2.21. The van der Waals surface area contributed by atoms with E-state index < -0.39 is 11.9 Å². The van der Waals surface area contributed by atoms with E-state index in [-0.39, 0.29) is 13.1 Å². The maximum absolute atomic E-state index is 12.1. The first-order valence-electron chi connectivity index (χ1n) is 5.02. The smallest absolute Gasteiger partial charge is 0.323 e. The average Bonchev–Trinajstić information content (AvgIpc) is 2.56. The Labute approximate surface area is 98.5 Å². The zero-order chi connectivity index (χ0) is 13.0. The fourth-order valence-corrected chi connectivity index (χ4v) is 1.48. The second kappa shape index (κ2) is 5.29. The molecule has 6 heteroatoms. The molecular weight excluding hydrogens is 224 g/mol. The van der Waals surface area contributed by atoms with Crippen LogP contribution in [0.2, 0.25) is 0 Å². The van der Waals surface area contributed by atoms with Crippen molar-refractivity contribution in [2.75, 3.05) is 13.1 Å². The minimum atomic E-state index is -1.08. The molecule has 0 aliphatic carbocycles. The van der Waals surface area contributed by atoms with Crippen LogP contribution in [-0.4, -0.2) is 40.1 Å². The Bertz CT molecular complexity index is 431. The van der Waals surface area contributed by atoms with Crippen molar-refractivity contribution in [2.45, 2.75) is 13.8 Å². The molecule has 6 nitrogen and oxygen atoms in total. The Morgan fingerprint density at radius 2 is 2.18 bits per heavy atom. The van der Waals surface area contributed by atoms with Crippen LogP contribution in [-0.2, 0) is 4.79 Å². The maximum atomic E-state index is 12.1. The summed E-state index contributed by atoms with van der Waals surface area (Å²) in [5.41, 5.74) is 0.764. The fourth-order valence-electron chi connectivity index (χ4n) is 1.48. The number of aryl methyl sites for hydroxylation is 2. The van der Waals surface area contributed by atoms with Gasteiger partial charge in [0.2, 0.25) is 0 Å². The molecule has 0 aliphatic rings. The predicted octanol–water partition coefficient (Wildman–Crippen LogP) is 1.00. The third kappa shape index (κ3) is 2.93. The van der Waals surface area contributed by atoms with Gasteiger partial charge in [-0.2, -0.15) is 0 Å². The van der Waals surface area contributed by atoms with Crippen LogP contribution < -0.4 is 0 Å². The number of hydrogen-bond acceptors (Lipinski definition) is 4. The van der Waals surface area contributed by atoms with Crippen molar-refractivity contribution in [2.24, 2.45) is 0 Å². The van der Waals surface area contributed by atoms with Crippen molar-refractivity contribution in [3.05, 3.63) is 29.7 Å². The largest absolute Gasteiger partial charge is 0.480 e. The summed E-state index contributed by atoms with van der Waals surface area (Å²) in [4.78, 5) is 23.9. The summed E-state index contributed by atoms with van der Waals surface area (Å²) in [7, 11) is 0. The van der Waals surface area contributed by atoms with E-state index in [4.69, 9.17) is 9.63 Å². The number of hydrogen-bond donors (Lipinski definition) is 1. The number of carbonyl (C=O) groups excluding carboxylic acids is 1. The molecule has 0 radical (unpaired) electrons. The Kier molecular flexibility index (Phi) is 4.03. The number of carboxylic acid groups (broad SMARTS) is 1. The highest BCUT2D eigenvalue weighted by atomic mass is 16.5. The second-order valence-electron chi connectivity index (χ2n) is 3.57. The van der Waals surface area contributed by atoms with E-state index in [0.717, 1.165) is 0 Å². The van der Waals surface area contributed by atoms with Gasteiger partial charge in [0.05, 0.1) is 5.69 Å². The second-order valence-corrected chi connectivity index (χ2v) is 3.57. The summed E-state index contributed by atoms with van der Waals surface area (Å²) in [6, 6.07) is 0. The van der Waals surface area contributed by atoms with Crippen LogP contribution in [0.5, 0.6) is 0 Å². The van der Waals surface area contributed by atoms with Gasteiger partial charge in [-0.3, -0.25) is 9.59 Å². The van der Waals surface area contributed by atoms with Gasteiger partial charge in [-0.15, -0.1) is 6.58 Å². The lowest BCUT2D eigenvalue weighted by Gasteiger charge is -2.18. The van der Waals surface area contributed by atoms with E-state index in [9.17, 15) is 9.59 Å². The molecule has 0 spiro atoms. The van der Waals surface area contributed by atoms with E-state index >= 15 is 0 Å². The van der Waals surface area contributed by atoms with Crippen LogP contribution in [0.3, 0.4) is 0 Å². The van der Waals surface area contributed by atoms with Crippen molar-refractivity contribution in [3.63, 3.8) is 0 Å². The lowest BCUT2D eigenvalue weighted by molar-refractivity contribution is -0.137. The number of carbonyl (C=O) groups is 2. The molecule has 1 amide bonds. The zero-order valence-corrected chi connectivity index (χ0v) is 9.77. The Balaban J connectivity index is 2.99. The Hall–Kier alpha value is -2.11. The van der Waals surface area contributed by atoms with Crippen molar-refractivity contribution >= 4 is 11.9 Å². The molecule has 92 valence electrons. The lowest BCUT2D eigenvalue weighted by Crippen LogP contribution is -2.36. The van der Waals surface area contributed by atoms with E-state index in [1.165, 1.54) is 11.0 Å². The molecule has 1 aromatic rings. The van der Waals surface area contributed by atoms with E-state index in [1.807, 2.05) is 0 Å². The first-order chi connectivity index (χ1) is 7.97. The first-order valence-corrected chi connectivity index (χ1v) is 5.02. The summed E-state index contributed by atoms with van der Waals surface area (Å²) in [6.07, 6.45) is 1.47. The van der Waals surface area contributed by atoms with Gasteiger partial charge < -0.3 is 14.5 Å². The normalized spacial score (nSPS) is 10.0.